The molecule has 0 spiro atoms. The van der Waals surface area contributed by atoms with E-state index in [4.69, 9.17) is 9.05 Å². The third kappa shape index (κ3) is 54.7. The number of aliphatic hydroxyl groups is 1. The van der Waals surface area contributed by atoms with Gasteiger partial charge >= 0.3 is 0 Å². The quantitative estimate of drug-likeness (QED) is 0.0272. The van der Waals surface area contributed by atoms with Crippen molar-refractivity contribution in [1.29, 1.82) is 0 Å². The first-order valence-electron chi connectivity index (χ1n) is 30.7. The molecule has 0 bridgehead atoms. The summed E-state index contributed by atoms with van der Waals surface area (Å²) in [6.07, 6.45) is 66.6. The number of unbranched alkanes of at least 4 members (excludes halogenated alkanes) is 40. The Labute approximate surface area is 436 Å². The summed E-state index contributed by atoms with van der Waals surface area (Å²) in [4.78, 5) is 25.5. The van der Waals surface area contributed by atoms with Crippen molar-refractivity contribution in [3.63, 3.8) is 0 Å². The van der Waals surface area contributed by atoms with Gasteiger partial charge < -0.3 is 28.8 Å². The van der Waals surface area contributed by atoms with Gasteiger partial charge in [-0.05, 0) is 44.9 Å². The van der Waals surface area contributed by atoms with Gasteiger partial charge in [-0.3, -0.25) is 9.36 Å². The number of carbonyl (C=O) groups excluding carboxylic acids is 1. The molecule has 0 saturated heterocycles. The second kappa shape index (κ2) is 52.8. The van der Waals surface area contributed by atoms with Crippen molar-refractivity contribution in [3.8, 4) is 0 Å². The molecule has 0 aromatic rings. The van der Waals surface area contributed by atoms with E-state index in [0.717, 1.165) is 51.4 Å². The SMILES string of the molecule is CCCCC/C=C\C/C=C\CCCCCCCCCC(=O)NC(COP(=O)([O-])OCC[N+](C)(C)C)C(O)CCCCCCCCCCCCCCCCCCCCCCCCCCCCCCCCC. The number of quaternary nitrogens is 1. The zero-order valence-electron chi connectivity index (χ0n) is 47.5. The normalized spacial score (nSPS) is 14.0. The fourth-order valence-corrected chi connectivity index (χ4v) is 10.1. The van der Waals surface area contributed by atoms with Crippen LogP contribution in [0.3, 0.4) is 0 Å². The van der Waals surface area contributed by atoms with Gasteiger partial charge in [-0.1, -0.05) is 282 Å². The van der Waals surface area contributed by atoms with Crippen molar-refractivity contribution in [3.05, 3.63) is 24.3 Å². The maximum Gasteiger partial charge on any atom is 0.268 e. The van der Waals surface area contributed by atoms with Crippen LogP contribution in [0.5, 0.6) is 0 Å². The molecule has 0 fully saturated rings. The van der Waals surface area contributed by atoms with E-state index in [9.17, 15) is 19.4 Å². The molecule has 0 heterocycles. The molecule has 3 atom stereocenters. The van der Waals surface area contributed by atoms with E-state index in [-0.39, 0.29) is 19.1 Å². The Morgan fingerprint density at radius 2 is 0.829 bits per heavy atom. The number of likely N-dealkylation sites (N-methyl/N-ethyl adjacent to an activating group) is 1. The number of allylic oxidation sites excluding steroid dienone is 4. The Kier molecular flexibility index (Phi) is 52.1. The summed E-state index contributed by atoms with van der Waals surface area (Å²) < 4.78 is 23.4. The average molecular weight is 1010 g/mol. The van der Waals surface area contributed by atoms with E-state index in [2.05, 4.69) is 43.5 Å². The van der Waals surface area contributed by atoms with E-state index in [1.165, 1.54) is 231 Å². The maximum atomic E-state index is 13.0. The first-order valence-corrected chi connectivity index (χ1v) is 32.1. The number of phosphoric ester groups is 1. The molecule has 0 aliphatic carbocycles. The lowest BCUT2D eigenvalue weighted by molar-refractivity contribution is -0.870. The van der Waals surface area contributed by atoms with Crippen LogP contribution in [0, 0.1) is 0 Å². The van der Waals surface area contributed by atoms with E-state index >= 15 is 0 Å². The van der Waals surface area contributed by atoms with Gasteiger partial charge in [0.05, 0.1) is 39.9 Å². The van der Waals surface area contributed by atoms with Gasteiger partial charge in [0.15, 0.2) is 0 Å². The topological polar surface area (TPSA) is 108 Å². The van der Waals surface area contributed by atoms with Crippen LogP contribution in [0.1, 0.15) is 309 Å². The van der Waals surface area contributed by atoms with E-state index in [1.807, 2.05) is 21.1 Å². The van der Waals surface area contributed by atoms with Crippen LogP contribution in [0.15, 0.2) is 24.3 Å². The second-order valence-electron chi connectivity index (χ2n) is 22.4. The summed E-state index contributed by atoms with van der Waals surface area (Å²) in [6, 6.07) is -0.804. The second-order valence-corrected chi connectivity index (χ2v) is 23.8. The molecule has 416 valence electrons. The Morgan fingerprint density at radius 3 is 1.21 bits per heavy atom. The molecule has 0 rings (SSSR count). The van der Waals surface area contributed by atoms with Crippen LogP contribution < -0.4 is 10.2 Å². The minimum atomic E-state index is -4.58. The average Bonchev–Trinajstić information content (AvgIpc) is 3.32. The molecule has 0 aliphatic heterocycles. The van der Waals surface area contributed by atoms with Gasteiger partial charge in [0.1, 0.15) is 13.2 Å². The smallest absolute Gasteiger partial charge is 0.268 e. The number of nitrogens with zero attached hydrogens (tertiary/aromatic N) is 1. The fourth-order valence-electron chi connectivity index (χ4n) is 9.37. The van der Waals surface area contributed by atoms with Gasteiger partial charge in [0.2, 0.25) is 5.91 Å². The van der Waals surface area contributed by atoms with Crippen LogP contribution in [-0.4, -0.2) is 68.5 Å². The molecular formula is C61H121N2O6P. The highest BCUT2D eigenvalue weighted by Gasteiger charge is 2.24. The van der Waals surface area contributed by atoms with Crippen LogP contribution in [0.25, 0.3) is 0 Å². The summed E-state index contributed by atoms with van der Waals surface area (Å²) in [5, 5.41) is 14.0. The minimum Gasteiger partial charge on any atom is -0.756 e. The van der Waals surface area contributed by atoms with Gasteiger partial charge in [-0.15, -0.1) is 0 Å². The predicted octanol–water partition coefficient (Wildman–Crippen LogP) is 18.1. The van der Waals surface area contributed by atoms with Gasteiger partial charge in [-0.25, -0.2) is 0 Å². The number of nitrogens with one attached hydrogen (secondary N) is 1. The molecule has 8 nitrogen and oxygen atoms in total. The fraction of sp³-hybridized carbons (Fsp3) is 0.918. The van der Waals surface area contributed by atoms with Crippen LogP contribution in [0.4, 0.5) is 0 Å². The molecule has 0 radical (unpaired) electrons. The molecule has 0 saturated carbocycles. The van der Waals surface area contributed by atoms with Crippen molar-refractivity contribution in [2.24, 2.45) is 0 Å². The Morgan fingerprint density at radius 1 is 0.500 bits per heavy atom. The van der Waals surface area contributed by atoms with Crippen molar-refractivity contribution in [2.75, 3.05) is 40.9 Å². The Hall–Kier alpha value is -1.02. The molecule has 9 heteroatoms. The van der Waals surface area contributed by atoms with Gasteiger partial charge in [-0.2, -0.15) is 0 Å². The Bertz CT molecular complexity index is 1190. The summed E-state index contributed by atoms with van der Waals surface area (Å²) >= 11 is 0. The van der Waals surface area contributed by atoms with Gasteiger partial charge in [0.25, 0.3) is 7.82 Å². The third-order valence-electron chi connectivity index (χ3n) is 14.2. The minimum absolute atomic E-state index is 0.0116. The number of amides is 1. The zero-order valence-corrected chi connectivity index (χ0v) is 48.4. The molecule has 0 aromatic carbocycles. The number of hydrogen-bond acceptors (Lipinski definition) is 6. The number of rotatable bonds is 57. The number of carbonyl (C=O) groups is 1. The molecular weight excluding hydrogens is 888 g/mol. The van der Waals surface area contributed by atoms with E-state index in [1.54, 1.807) is 0 Å². The van der Waals surface area contributed by atoms with E-state index in [0.29, 0.717) is 23.9 Å². The molecule has 0 aromatic heterocycles. The van der Waals surface area contributed by atoms with Crippen molar-refractivity contribution in [1.82, 2.24) is 5.32 Å². The highest BCUT2D eigenvalue weighted by molar-refractivity contribution is 7.45. The first kappa shape index (κ1) is 69.0. The largest absolute Gasteiger partial charge is 0.756 e. The monoisotopic (exact) mass is 1010 g/mol. The summed E-state index contributed by atoms with van der Waals surface area (Å²) in [5.74, 6) is -0.169. The van der Waals surface area contributed by atoms with Crippen molar-refractivity contribution in [2.45, 2.75) is 321 Å². The highest BCUT2D eigenvalue weighted by Crippen LogP contribution is 2.38. The highest BCUT2D eigenvalue weighted by atomic mass is 31.2. The van der Waals surface area contributed by atoms with Crippen LogP contribution in [-0.2, 0) is 18.4 Å². The van der Waals surface area contributed by atoms with Gasteiger partial charge in [0, 0.05) is 6.42 Å². The molecule has 3 unspecified atom stereocenters. The lowest BCUT2D eigenvalue weighted by atomic mass is 10.0. The Balaban J connectivity index is 4.03. The number of phosphoric acid groups is 1. The van der Waals surface area contributed by atoms with Crippen molar-refractivity contribution >= 4 is 13.7 Å². The standard InChI is InChI=1S/C61H121N2O6P/c1-6-8-10-12-14-16-18-20-22-24-25-26-27-28-29-30-31-32-33-34-35-36-37-39-40-42-44-46-48-50-52-54-60(64)59(58-69-70(66,67)68-57-56-63(3,4)5)62-61(65)55-53-51-49-47-45-43-41-38-23-21-19-17-15-13-11-9-7-2/h15,17,21,23,59-60,64H,6-14,16,18-20,22,24-58H2,1-5H3,(H-,62,65,66,67)/b17-15-,23-21-. The number of aliphatic hydroxyl groups excluding tert-OH is 1. The summed E-state index contributed by atoms with van der Waals surface area (Å²) in [6.45, 7) is 4.73. The maximum absolute atomic E-state index is 13.0. The first-order chi connectivity index (χ1) is 34.0. The summed E-state index contributed by atoms with van der Waals surface area (Å²) in [7, 11) is 1.31. The predicted molar refractivity (Wildman–Crippen MR) is 302 cm³/mol. The third-order valence-corrected chi connectivity index (χ3v) is 15.2. The van der Waals surface area contributed by atoms with Crippen LogP contribution >= 0.6 is 7.82 Å². The van der Waals surface area contributed by atoms with E-state index < -0.39 is 20.0 Å². The molecule has 0 aliphatic rings. The van der Waals surface area contributed by atoms with Crippen molar-refractivity contribution < 1.29 is 32.9 Å². The molecule has 1 amide bonds. The van der Waals surface area contributed by atoms with Crippen LogP contribution in [0.2, 0.25) is 0 Å². The molecule has 70 heavy (non-hydrogen) atoms. The summed E-state index contributed by atoms with van der Waals surface area (Å²) in [5.41, 5.74) is 0. The lowest BCUT2D eigenvalue weighted by Gasteiger charge is -2.30. The molecule has 2 N–H and O–H groups in total. The number of hydrogen-bond donors (Lipinski definition) is 2. The zero-order chi connectivity index (χ0) is 51.3. The lowest BCUT2D eigenvalue weighted by Crippen LogP contribution is -2.46.